The van der Waals surface area contributed by atoms with Crippen molar-refractivity contribution in [1.82, 2.24) is 19.6 Å². The van der Waals surface area contributed by atoms with Crippen LogP contribution in [0.5, 0.6) is 0 Å². The molecule has 0 spiro atoms. The molecule has 8 nitrogen and oxygen atoms in total. The quantitative estimate of drug-likeness (QED) is 0.340. The van der Waals surface area contributed by atoms with Crippen molar-refractivity contribution in [3.8, 4) is 5.69 Å². The fourth-order valence-corrected chi connectivity index (χ4v) is 3.43. The van der Waals surface area contributed by atoms with Gasteiger partial charge in [-0.05, 0) is 48.5 Å². The van der Waals surface area contributed by atoms with Crippen molar-refractivity contribution >= 4 is 23.2 Å². The maximum absolute atomic E-state index is 13.9. The first-order valence-corrected chi connectivity index (χ1v) is 10.4. The molecule has 4 aromatic rings. The number of benzene rings is 2. The molecule has 0 radical (unpaired) electrons. The zero-order valence-corrected chi connectivity index (χ0v) is 18.7. The maximum atomic E-state index is 13.9. The molecule has 0 aliphatic carbocycles. The van der Waals surface area contributed by atoms with E-state index >= 15 is 0 Å². The minimum atomic E-state index is -4.99. The number of aryl methyl sites for hydroxylation is 1. The van der Waals surface area contributed by atoms with Gasteiger partial charge in [0.1, 0.15) is 11.5 Å². The summed E-state index contributed by atoms with van der Waals surface area (Å²) in [6.45, 7) is 0. The van der Waals surface area contributed by atoms with Crippen LogP contribution in [0.15, 0.2) is 60.9 Å². The first-order valence-electron chi connectivity index (χ1n) is 10.4. The summed E-state index contributed by atoms with van der Waals surface area (Å²) < 4.78 is 82.6. The largest absolute Gasteiger partial charge is 0.435 e. The molecule has 0 bridgehead atoms. The summed E-state index contributed by atoms with van der Waals surface area (Å²) in [5.41, 5.74) is -3.23. The molecule has 192 valence electrons. The van der Waals surface area contributed by atoms with E-state index < -0.39 is 52.9 Å². The van der Waals surface area contributed by atoms with Gasteiger partial charge in [0.25, 0.3) is 18.2 Å². The van der Waals surface area contributed by atoms with Crippen molar-refractivity contribution in [3.63, 3.8) is 0 Å². The van der Waals surface area contributed by atoms with Gasteiger partial charge in [0.2, 0.25) is 0 Å². The predicted molar refractivity (Wildman–Crippen MR) is 119 cm³/mol. The molecule has 14 heteroatoms. The molecular formula is C23H16F6N6O2. The number of hydrogen-bond donors (Lipinski definition) is 2. The van der Waals surface area contributed by atoms with Crippen LogP contribution in [0.3, 0.4) is 0 Å². The van der Waals surface area contributed by atoms with Crippen LogP contribution < -0.4 is 10.6 Å². The Morgan fingerprint density at radius 1 is 0.946 bits per heavy atom. The molecule has 2 heterocycles. The summed E-state index contributed by atoms with van der Waals surface area (Å²) in [6.07, 6.45) is -6.40. The van der Waals surface area contributed by atoms with Crippen LogP contribution in [-0.4, -0.2) is 31.4 Å². The molecule has 2 aromatic heterocycles. The highest BCUT2D eigenvalue weighted by atomic mass is 19.4. The smallest absolute Gasteiger partial charge is 0.322 e. The van der Waals surface area contributed by atoms with Crippen molar-refractivity contribution in [3.05, 3.63) is 89.3 Å². The third kappa shape index (κ3) is 5.47. The number of nitrogens with one attached hydrogen (secondary N) is 2. The number of anilines is 2. The zero-order valence-electron chi connectivity index (χ0n) is 18.7. The second-order valence-electron chi connectivity index (χ2n) is 7.68. The fourth-order valence-electron chi connectivity index (χ4n) is 3.43. The Morgan fingerprint density at radius 3 is 2.19 bits per heavy atom. The van der Waals surface area contributed by atoms with Crippen molar-refractivity contribution in [2.45, 2.75) is 12.6 Å². The van der Waals surface area contributed by atoms with Crippen LogP contribution >= 0.6 is 0 Å². The van der Waals surface area contributed by atoms with E-state index in [9.17, 15) is 35.9 Å². The van der Waals surface area contributed by atoms with E-state index in [1.54, 1.807) is 0 Å². The number of carbonyl (C=O) groups is 2. The van der Waals surface area contributed by atoms with E-state index in [0.717, 1.165) is 29.2 Å². The lowest BCUT2D eigenvalue weighted by Gasteiger charge is -2.14. The fraction of sp³-hybridized carbons (Fsp3) is 0.130. The molecular weight excluding hydrogens is 506 g/mol. The van der Waals surface area contributed by atoms with Crippen LogP contribution in [0.1, 0.15) is 38.5 Å². The number of halogens is 6. The Kier molecular flexibility index (Phi) is 6.74. The Morgan fingerprint density at radius 2 is 1.59 bits per heavy atom. The van der Waals surface area contributed by atoms with E-state index in [0.29, 0.717) is 4.68 Å². The Labute approximate surface area is 204 Å². The second kappa shape index (κ2) is 9.79. The first-order chi connectivity index (χ1) is 17.4. The number of amides is 2. The highest BCUT2D eigenvalue weighted by Crippen LogP contribution is 2.37. The van der Waals surface area contributed by atoms with Gasteiger partial charge in [0, 0.05) is 24.5 Å². The number of carbonyl (C=O) groups excluding carboxylic acids is 2. The summed E-state index contributed by atoms with van der Waals surface area (Å²) in [7, 11) is 1.29. The standard InChI is InChI=1S/C23H16F6N6O2/c1-34-11-16(18(33-34)20(25)26)22(37)32-17-10-30-35(19(17)23(27,28)29)15-8-6-14(7-9-15)31-21(36)12-2-4-13(24)5-3-12/h2-11,20H,1H3,(H,31,36)(H,32,37). The number of rotatable bonds is 6. The van der Waals surface area contributed by atoms with E-state index in [2.05, 4.69) is 15.5 Å². The molecule has 0 aliphatic heterocycles. The van der Waals surface area contributed by atoms with Crippen LogP contribution in [0.2, 0.25) is 0 Å². The van der Waals surface area contributed by atoms with Crippen LogP contribution in [-0.2, 0) is 13.2 Å². The lowest BCUT2D eigenvalue weighted by molar-refractivity contribution is -0.142. The second-order valence-corrected chi connectivity index (χ2v) is 7.68. The highest BCUT2D eigenvalue weighted by Gasteiger charge is 2.39. The molecule has 0 atom stereocenters. The summed E-state index contributed by atoms with van der Waals surface area (Å²) in [6, 6.07) is 9.87. The van der Waals surface area contributed by atoms with Gasteiger partial charge in [-0.2, -0.15) is 23.4 Å². The average molecular weight is 522 g/mol. The molecule has 4 rings (SSSR count). The molecule has 0 saturated heterocycles. The van der Waals surface area contributed by atoms with Crippen LogP contribution in [0, 0.1) is 5.82 Å². The van der Waals surface area contributed by atoms with Gasteiger partial charge in [-0.25, -0.2) is 17.9 Å². The lowest BCUT2D eigenvalue weighted by atomic mass is 10.2. The highest BCUT2D eigenvalue weighted by molar-refractivity contribution is 6.05. The van der Waals surface area contributed by atoms with Crippen LogP contribution in [0.25, 0.3) is 5.69 Å². The van der Waals surface area contributed by atoms with Gasteiger partial charge in [-0.3, -0.25) is 14.3 Å². The Balaban J connectivity index is 1.59. The third-order valence-corrected chi connectivity index (χ3v) is 5.07. The number of alkyl halides is 5. The van der Waals surface area contributed by atoms with Crippen LogP contribution in [0.4, 0.5) is 37.7 Å². The van der Waals surface area contributed by atoms with Gasteiger partial charge < -0.3 is 10.6 Å². The van der Waals surface area contributed by atoms with Gasteiger partial charge >= 0.3 is 6.18 Å². The van der Waals surface area contributed by atoms with Gasteiger partial charge in [0.05, 0.1) is 23.1 Å². The summed E-state index contributed by atoms with van der Waals surface area (Å²) in [4.78, 5) is 24.8. The van der Waals surface area contributed by atoms with Crippen molar-refractivity contribution in [2.75, 3.05) is 10.6 Å². The predicted octanol–water partition coefficient (Wildman–Crippen LogP) is 5.21. The number of nitrogens with zero attached hydrogens (tertiary/aromatic N) is 4. The normalized spacial score (nSPS) is 11.6. The van der Waals surface area contributed by atoms with Crippen molar-refractivity contribution in [1.29, 1.82) is 0 Å². The molecule has 2 N–H and O–H groups in total. The lowest BCUT2D eigenvalue weighted by Crippen LogP contribution is -2.19. The minimum absolute atomic E-state index is 0.0674. The van der Waals surface area contributed by atoms with E-state index in [1.165, 1.54) is 43.4 Å². The van der Waals surface area contributed by atoms with E-state index in [1.807, 2.05) is 5.32 Å². The van der Waals surface area contributed by atoms with E-state index in [-0.39, 0.29) is 16.9 Å². The van der Waals surface area contributed by atoms with Gasteiger partial charge in [-0.15, -0.1) is 0 Å². The molecule has 0 aliphatic rings. The Bertz CT molecular complexity index is 1440. The summed E-state index contributed by atoms with van der Waals surface area (Å²) in [5, 5.41) is 11.7. The number of hydrogen-bond acceptors (Lipinski definition) is 4. The molecule has 37 heavy (non-hydrogen) atoms. The molecule has 0 unspecified atom stereocenters. The minimum Gasteiger partial charge on any atom is -0.322 e. The first kappa shape index (κ1) is 25.5. The molecule has 2 aromatic carbocycles. The summed E-state index contributed by atoms with van der Waals surface area (Å²) >= 11 is 0. The van der Waals surface area contributed by atoms with Crippen molar-refractivity contribution < 1.29 is 35.9 Å². The van der Waals surface area contributed by atoms with E-state index in [4.69, 9.17) is 0 Å². The average Bonchev–Trinajstić information content (AvgIpc) is 3.44. The van der Waals surface area contributed by atoms with Gasteiger partial charge in [-0.1, -0.05) is 0 Å². The molecule has 0 fully saturated rings. The molecule has 0 saturated carbocycles. The SMILES string of the molecule is Cn1cc(C(=O)Nc2cnn(-c3ccc(NC(=O)c4ccc(F)cc4)cc3)c2C(F)(F)F)c(C(F)F)n1. The third-order valence-electron chi connectivity index (χ3n) is 5.07. The monoisotopic (exact) mass is 522 g/mol. The molecule has 2 amide bonds. The topological polar surface area (TPSA) is 93.8 Å². The maximum Gasteiger partial charge on any atom is 0.435 e. The van der Waals surface area contributed by atoms with Gasteiger partial charge in [0.15, 0.2) is 5.69 Å². The number of aromatic nitrogens is 4. The Hall–Kier alpha value is -4.62. The van der Waals surface area contributed by atoms with Crippen molar-refractivity contribution in [2.24, 2.45) is 7.05 Å². The summed E-state index contributed by atoms with van der Waals surface area (Å²) in [5.74, 6) is -2.30. The zero-order chi connectivity index (χ0) is 26.9.